The lowest BCUT2D eigenvalue weighted by Crippen LogP contribution is -2.38. The Morgan fingerprint density at radius 1 is 1.64 bits per heavy atom. The Labute approximate surface area is 86.2 Å². The minimum Gasteiger partial charge on any atom is -0.459 e. The predicted octanol–water partition coefficient (Wildman–Crippen LogP) is 1.55. The van der Waals surface area contributed by atoms with Crippen molar-refractivity contribution in [3.63, 3.8) is 0 Å². The van der Waals surface area contributed by atoms with Gasteiger partial charge < -0.3 is 9.73 Å². The van der Waals surface area contributed by atoms with E-state index in [9.17, 15) is 9.59 Å². The van der Waals surface area contributed by atoms with Crippen molar-refractivity contribution < 1.29 is 14.0 Å². The van der Waals surface area contributed by atoms with Crippen molar-refractivity contribution in [1.82, 2.24) is 5.32 Å². The molecule has 0 fully saturated rings. The van der Waals surface area contributed by atoms with Crippen molar-refractivity contribution >= 4 is 22.8 Å². The number of carbonyl (C=O) groups is 2. The number of furan rings is 1. The molecule has 1 heterocycles. The van der Waals surface area contributed by atoms with Crippen LogP contribution in [0.5, 0.6) is 0 Å². The van der Waals surface area contributed by atoms with Crippen molar-refractivity contribution in [3.8, 4) is 0 Å². The van der Waals surface area contributed by atoms with Crippen LogP contribution in [-0.2, 0) is 4.79 Å². The van der Waals surface area contributed by atoms with E-state index in [1.165, 1.54) is 12.3 Å². The summed E-state index contributed by atoms with van der Waals surface area (Å²) in [6.45, 7) is 1.76. The summed E-state index contributed by atoms with van der Waals surface area (Å²) < 4.78 is 4.85. The fourth-order valence-corrected chi connectivity index (χ4v) is 1.17. The molecule has 4 nitrogen and oxygen atoms in total. The third-order valence-corrected chi connectivity index (χ3v) is 2.00. The van der Waals surface area contributed by atoms with Gasteiger partial charge in [0, 0.05) is 0 Å². The van der Waals surface area contributed by atoms with Gasteiger partial charge >= 0.3 is 0 Å². The standard InChI is InChI=1S/C9H10ClNO3/c1-2-6(8(10)12)11-9(13)7-4-3-5-14-7/h3-6H,2H2,1H3,(H,11,13). The van der Waals surface area contributed by atoms with Crippen LogP contribution in [0.15, 0.2) is 22.8 Å². The fourth-order valence-electron chi connectivity index (χ4n) is 0.956. The van der Waals surface area contributed by atoms with E-state index in [2.05, 4.69) is 5.32 Å². The van der Waals surface area contributed by atoms with Crippen LogP contribution in [0.25, 0.3) is 0 Å². The monoisotopic (exact) mass is 215 g/mol. The third kappa shape index (κ3) is 2.60. The number of hydrogen-bond donors (Lipinski definition) is 1. The zero-order chi connectivity index (χ0) is 10.6. The number of rotatable bonds is 4. The van der Waals surface area contributed by atoms with Gasteiger partial charge in [0.15, 0.2) is 5.76 Å². The Morgan fingerprint density at radius 3 is 2.79 bits per heavy atom. The van der Waals surface area contributed by atoms with Gasteiger partial charge in [-0.2, -0.15) is 0 Å². The largest absolute Gasteiger partial charge is 0.459 e. The van der Waals surface area contributed by atoms with Gasteiger partial charge in [-0.05, 0) is 30.2 Å². The van der Waals surface area contributed by atoms with Crippen LogP contribution >= 0.6 is 11.6 Å². The van der Waals surface area contributed by atoms with Gasteiger partial charge in [0.05, 0.1) is 6.26 Å². The summed E-state index contributed by atoms with van der Waals surface area (Å²) in [6.07, 6.45) is 1.84. The maximum Gasteiger partial charge on any atom is 0.287 e. The van der Waals surface area contributed by atoms with Crippen molar-refractivity contribution in [2.75, 3.05) is 0 Å². The first-order valence-electron chi connectivity index (χ1n) is 4.19. The molecule has 0 saturated heterocycles. The van der Waals surface area contributed by atoms with Crippen LogP contribution in [0.2, 0.25) is 0 Å². The zero-order valence-corrected chi connectivity index (χ0v) is 8.38. The average Bonchev–Trinajstić information content (AvgIpc) is 2.65. The molecule has 1 amide bonds. The molecular weight excluding hydrogens is 206 g/mol. The van der Waals surface area contributed by atoms with Crippen LogP contribution in [0.1, 0.15) is 23.9 Å². The lowest BCUT2D eigenvalue weighted by atomic mass is 10.2. The number of amides is 1. The van der Waals surface area contributed by atoms with Crippen LogP contribution in [-0.4, -0.2) is 17.2 Å². The van der Waals surface area contributed by atoms with Crippen LogP contribution < -0.4 is 5.32 Å². The molecule has 0 radical (unpaired) electrons. The maximum atomic E-state index is 11.4. The number of hydrogen-bond acceptors (Lipinski definition) is 3. The van der Waals surface area contributed by atoms with Gasteiger partial charge in [0.25, 0.3) is 5.91 Å². The van der Waals surface area contributed by atoms with Gasteiger partial charge in [-0.25, -0.2) is 0 Å². The molecule has 0 aliphatic carbocycles. The summed E-state index contributed by atoms with van der Waals surface area (Å²) in [5, 5.41) is 1.88. The summed E-state index contributed by atoms with van der Waals surface area (Å²) >= 11 is 5.27. The molecule has 1 rings (SSSR count). The van der Waals surface area contributed by atoms with E-state index in [0.29, 0.717) is 6.42 Å². The molecule has 0 aliphatic heterocycles. The molecule has 0 bridgehead atoms. The maximum absolute atomic E-state index is 11.4. The topological polar surface area (TPSA) is 59.3 Å². The SMILES string of the molecule is CCC(NC(=O)c1ccco1)C(=O)Cl. The summed E-state index contributed by atoms with van der Waals surface area (Å²) in [5.41, 5.74) is 0. The molecule has 1 aromatic rings. The van der Waals surface area contributed by atoms with Crippen molar-refractivity contribution in [2.45, 2.75) is 19.4 Å². The van der Waals surface area contributed by atoms with E-state index < -0.39 is 17.2 Å². The van der Waals surface area contributed by atoms with E-state index in [-0.39, 0.29) is 5.76 Å². The second kappa shape index (κ2) is 4.81. The van der Waals surface area contributed by atoms with Crippen molar-refractivity contribution in [2.24, 2.45) is 0 Å². The van der Waals surface area contributed by atoms with Crippen LogP contribution in [0, 0.1) is 0 Å². The van der Waals surface area contributed by atoms with Gasteiger partial charge in [-0.1, -0.05) is 6.92 Å². The molecule has 0 saturated carbocycles. The lowest BCUT2D eigenvalue weighted by molar-refractivity contribution is -0.113. The van der Waals surface area contributed by atoms with Gasteiger partial charge in [0.2, 0.25) is 5.24 Å². The number of halogens is 1. The van der Waals surface area contributed by atoms with E-state index in [1.54, 1.807) is 13.0 Å². The zero-order valence-electron chi connectivity index (χ0n) is 7.62. The van der Waals surface area contributed by atoms with Crippen LogP contribution in [0.4, 0.5) is 0 Å². The van der Waals surface area contributed by atoms with E-state index in [0.717, 1.165) is 0 Å². The average molecular weight is 216 g/mol. The molecule has 14 heavy (non-hydrogen) atoms. The fraction of sp³-hybridized carbons (Fsp3) is 0.333. The second-order valence-corrected chi connectivity index (χ2v) is 3.09. The Kier molecular flexibility index (Phi) is 3.71. The van der Waals surface area contributed by atoms with Gasteiger partial charge in [-0.15, -0.1) is 0 Å². The molecule has 0 aromatic carbocycles. The molecular formula is C9H10ClNO3. The molecule has 1 unspecified atom stereocenters. The summed E-state index contributed by atoms with van der Waals surface area (Å²) in [6, 6.07) is 2.45. The molecule has 0 spiro atoms. The Bertz CT molecular complexity index is 321. The highest BCUT2D eigenvalue weighted by Crippen LogP contribution is 2.03. The molecule has 1 aromatic heterocycles. The highest BCUT2D eigenvalue weighted by molar-refractivity contribution is 6.64. The molecule has 76 valence electrons. The highest BCUT2D eigenvalue weighted by atomic mass is 35.5. The number of nitrogens with one attached hydrogen (secondary N) is 1. The smallest absolute Gasteiger partial charge is 0.287 e. The summed E-state index contributed by atoms with van der Waals surface area (Å²) in [7, 11) is 0. The van der Waals surface area contributed by atoms with E-state index in [1.807, 2.05) is 0 Å². The minimum atomic E-state index is -0.658. The van der Waals surface area contributed by atoms with Gasteiger partial charge in [-0.3, -0.25) is 9.59 Å². The predicted molar refractivity (Wildman–Crippen MR) is 51.1 cm³/mol. The lowest BCUT2D eigenvalue weighted by Gasteiger charge is -2.10. The summed E-state index contributed by atoms with van der Waals surface area (Å²) in [4.78, 5) is 22.2. The first kappa shape index (κ1) is 10.8. The van der Waals surface area contributed by atoms with Crippen LogP contribution in [0.3, 0.4) is 0 Å². The molecule has 5 heteroatoms. The summed E-state index contributed by atoms with van der Waals surface area (Å²) in [5.74, 6) is -0.266. The minimum absolute atomic E-state index is 0.168. The molecule has 1 atom stereocenters. The molecule has 0 aliphatic rings. The first-order chi connectivity index (χ1) is 6.65. The normalized spacial score (nSPS) is 12.1. The Hall–Kier alpha value is -1.29. The Morgan fingerprint density at radius 2 is 2.36 bits per heavy atom. The van der Waals surface area contributed by atoms with E-state index >= 15 is 0 Å². The van der Waals surface area contributed by atoms with Gasteiger partial charge in [0.1, 0.15) is 6.04 Å². The third-order valence-electron chi connectivity index (χ3n) is 1.73. The Balaban J connectivity index is 2.60. The van der Waals surface area contributed by atoms with Crippen molar-refractivity contribution in [3.05, 3.63) is 24.2 Å². The van der Waals surface area contributed by atoms with E-state index in [4.69, 9.17) is 16.0 Å². The number of carbonyl (C=O) groups excluding carboxylic acids is 2. The first-order valence-corrected chi connectivity index (χ1v) is 4.56. The molecule has 1 N–H and O–H groups in total. The highest BCUT2D eigenvalue weighted by Gasteiger charge is 2.18. The van der Waals surface area contributed by atoms with Crippen molar-refractivity contribution in [1.29, 1.82) is 0 Å². The quantitative estimate of drug-likeness (QED) is 0.776. The second-order valence-electron chi connectivity index (χ2n) is 2.72.